The van der Waals surface area contributed by atoms with Crippen molar-refractivity contribution in [3.63, 3.8) is 0 Å². The van der Waals surface area contributed by atoms with Crippen molar-refractivity contribution in [3.8, 4) is 5.75 Å². The number of carbonyl (C=O) groups excluding carboxylic acids is 2. The molecule has 0 unspecified atom stereocenters. The van der Waals surface area contributed by atoms with E-state index in [4.69, 9.17) is 4.74 Å². The molecule has 0 atom stereocenters. The van der Waals surface area contributed by atoms with Crippen LogP contribution in [-0.2, 0) is 4.79 Å². The Morgan fingerprint density at radius 3 is 2.30 bits per heavy atom. The first-order valence-electron chi connectivity index (χ1n) is 6.91. The van der Waals surface area contributed by atoms with E-state index in [0.717, 1.165) is 11.3 Å². The molecule has 0 aliphatic heterocycles. The Morgan fingerprint density at radius 2 is 1.65 bits per heavy atom. The Kier molecular flexibility index (Phi) is 5.76. The smallest absolute Gasteiger partial charge is 0.337 e. The van der Waals surface area contributed by atoms with Gasteiger partial charge >= 0.3 is 6.03 Å². The Labute approximate surface area is 134 Å². The van der Waals surface area contributed by atoms with Gasteiger partial charge in [-0.3, -0.25) is 10.2 Å². The van der Waals surface area contributed by atoms with E-state index in [9.17, 15) is 9.59 Å². The van der Waals surface area contributed by atoms with Crippen LogP contribution in [-0.4, -0.2) is 19.0 Å². The van der Waals surface area contributed by atoms with Crippen molar-refractivity contribution in [1.82, 2.24) is 10.9 Å². The predicted octanol–water partition coefficient (Wildman–Crippen LogP) is 2.56. The lowest BCUT2D eigenvalue weighted by Gasteiger charge is -2.07. The van der Waals surface area contributed by atoms with Gasteiger partial charge in [-0.05, 0) is 35.9 Å². The van der Waals surface area contributed by atoms with Gasteiger partial charge in [-0.1, -0.05) is 30.3 Å². The number of amides is 3. The SMILES string of the molecule is COc1ccc(C=CC(=O)NNC(=O)Nc2ccccc2)cc1. The number of hydrogen-bond donors (Lipinski definition) is 3. The lowest BCUT2D eigenvalue weighted by atomic mass is 10.2. The number of carbonyl (C=O) groups is 2. The Balaban J connectivity index is 1.77. The number of hydrogen-bond acceptors (Lipinski definition) is 3. The normalized spacial score (nSPS) is 10.1. The van der Waals surface area contributed by atoms with Crippen molar-refractivity contribution in [2.75, 3.05) is 12.4 Å². The van der Waals surface area contributed by atoms with Crippen molar-refractivity contribution < 1.29 is 14.3 Å². The molecule has 0 aromatic heterocycles. The van der Waals surface area contributed by atoms with Gasteiger partial charge in [0.1, 0.15) is 5.75 Å². The van der Waals surface area contributed by atoms with E-state index in [2.05, 4.69) is 16.2 Å². The van der Waals surface area contributed by atoms with Crippen molar-refractivity contribution >= 4 is 23.7 Å². The minimum atomic E-state index is -0.526. The predicted molar refractivity (Wildman–Crippen MR) is 88.8 cm³/mol. The molecule has 6 heteroatoms. The van der Waals surface area contributed by atoms with E-state index in [1.165, 1.54) is 6.08 Å². The molecule has 3 N–H and O–H groups in total. The van der Waals surface area contributed by atoms with Crippen molar-refractivity contribution in [3.05, 3.63) is 66.2 Å². The molecule has 3 amide bonds. The average molecular weight is 311 g/mol. The van der Waals surface area contributed by atoms with Gasteiger partial charge in [0, 0.05) is 11.8 Å². The molecule has 0 radical (unpaired) electrons. The summed E-state index contributed by atoms with van der Waals surface area (Å²) in [5.41, 5.74) is 6.02. The molecule has 0 aliphatic rings. The number of nitrogens with one attached hydrogen (secondary N) is 3. The van der Waals surface area contributed by atoms with Crippen molar-refractivity contribution in [1.29, 1.82) is 0 Å². The Bertz CT molecular complexity index is 682. The molecule has 6 nitrogen and oxygen atoms in total. The van der Waals surface area contributed by atoms with Crippen LogP contribution in [0.15, 0.2) is 60.7 Å². The zero-order valence-electron chi connectivity index (χ0n) is 12.6. The molecule has 2 aromatic rings. The summed E-state index contributed by atoms with van der Waals surface area (Å²) in [7, 11) is 1.59. The summed E-state index contributed by atoms with van der Waals surface area (Å²) < 4.78 is 5.05. The highest BCUT2D eigenvalue weighted by Gasteiger charge is 2.01. The first-order valence-corrected chi connectivity index (χ1v) is 6.91. The minimum absolute atomic E-state index is 0.441. The second kappa shape index (κ2) is 8.23. The standard InChI is InChI=1S/C17H17N3O3/c1-23-15-10-7-13(8-11-15)9-12-16(21)19-20-17(22)18-14-5-3-2-4-6-14/h2-12H,1H3,(H,19,21)(H2,18,20,22). The average Bonchev–Trinajstić information content (AvgIpc) is 2.59. The summed E-state index contributed by atoms with van der Waals surface area (Å²) in [6.07, 6.45) is 2.95. The summed E-state index contributed by atoms with van der Waals surface area (Å²) in [6, 6.07) is 15.6. The van der Waals surface area contributed by atoms with Crippen LogP contribution in [0.25, 0.3) is 6.08 Å². The molecule has 0 saturated heterocycles. The maximum absolute atomic E-state index is 11.6. The number of anilines is 1. The van der Waals surface area contributed by atoms with E-state index >= 15 is 0 Å². The van der Waals surface area contributed by atoms with Crippen LogP contribution in [0.1, 0.15) is 5.56 Å². The molecular weight excluding hydrogens is 294 g/mol. The van der Waals surface area contributed by atoms with E-state index in [1.807, 2.05) is 18.2 Å². The summed E-state index contributed by atoms with van der Waals surface area (Å²) in [4.78, 5) is 23.2. The summed E-state index contributed by atoms with van der Waals surface area (Å²) in [6.45, 7) is 0. The van der Waals surface area contributed by atoms with Gasteiger partial charge in [0.2, 0.25) is 0 Å². The molecule has 0 fully saturated rings. The minimum Gasteiger partial charge on any atom is -0.497 e. The zero-order chi connectivity index (χ0) is 16.5. The fraction of sp³-hybridized carbons (Fsp3) is 0.0588. The first-order chi connectivity index (χ1) is 11.2. The van der Waals surface area contributed by atoms with Crippen LogP contribution in [0.2, 0.25) is 0 Å². The zero-order valence-corrected chi connectivity index (χ0v) is 12.6. The number of rotatable bonds is 4. The number of hydrazine groups is 1. The number of methoxy groups -OCH3 is 1. The third-order valence-electron chi connectivity index (χ3n) is 2.87. The molecule has 0 spiro atoms. The molecule has 0 saturated carbocycles. The number of benzene rings is 2. The fourth-order valence-corrected chi connectivity index (χ4v) is 1.73. The monoisotopic (exact) mass is 311 g/mol. The van der Waals surface area contributed by atoms with E-state index in [-0.39, 0.29) is 0 Å². The second-order valence-corrected chi connectivity index (χ2v) is 4.54. The molecule has 23 heavy (non-hydrogen) atoms. The molecule has 118 valence electrons. The summed E-state index contributed by atoms with van der Waals surface area (Å²) in [5.74, 6) is 0.301. The Morgan fingerprint density at radius 1 is 0.957 bits per heavy atom. The number of para-hydroxylation sites is 1. The third-order valence-corrected chi connectivity index (χ3v) is 2.87. The lowest BCUT2D eigenvalue weighted by Crippen LogP contribution is -2.43. The quantitative estimate of drug-likeness (QED) is 0.600. The maximum atomic E-state index is 11.6. The van der Waals surface area contributed by atoms with Crippen molar-refractivity contribution in [2.24, 2.45) is 0 Å². The fourth-order valence-electron chi connectivity index (χ4n) is 1.73. The lowest BCUT2D eigenvalue weighted by molar-refractivity contribution is -0.117. The van der Waals surface area contributed by atoms with Gasteiger partial charge in [0.05, 0.1) is 7.11 Å². The maximum Gasteiger partial charge on any atom is 0.337 e. The van der Waals surface area contributed by atoms with Gasteiger partial charge in [-0.2, -0.15) is 0 Å². The highest BCUT2D eigenvalue weighted by Crippen LogP contribution is 2.12. The van der Waals surface area contributed by atoms with Gasteiger partial charge in [-0.25, -0.2) is 10.2 Å². The van der Waals surface area contributed by atoms with Crippen LogP contribution in [0, 0.1) is 0 Å². The van der Waals surface area contributed by atoms with Gasteiger partial charge in [-0.15, -0.1) is 0 Å². The highest BCUT2D eigenvalue weighted by atomic mass is 16.5. The van der Waals surface area contributed by atoms with Gasteiger partial charge < -0.3 is 10.1 Å². The van der Waals surface area contributed by atoms with Gasteiger partial charge in [0.25, 0.3) is 5.91 Å². The molecular formula is C17H17N3O3. The molecule has 0 heterocycles. The molecule has 0 aliphatic carbocycles. The molecule has 2 rings (SSSR count). The highest BCUT2D eigenvalue weighted by molar-refractivity contribution is 5.95. The van der Waals surface area contributed by atoms with Crippen LogP contribution in [0.3, 0.4) is 0 Å². The van der Waals surface area contributed by atoms with Gasteiger partial charge in [0.15, 0.2) is 0 Å². The van der Waals surface area contributed by atoms with Crippen LogP contribution in [0.5, 0.6) is 5.75 Å². The van der Waals surface area contributed by atoms with Crippen molar-refractivity contribution in [2.45, 2.75) is 0 Å². The molecule has 0 bridgehead atoms. The van der Waals surface area contributed by atoms with Crippen LogP contribution >= 0.6 is 0 Å². The summed E-state index contributed by atoms with van der Waals surface area (Å²) >= 11 is 0. The third kappa shape index (κ3) is 5.55. The number of ether oxygens (including phenoxy) is 1. The largest absolute Gasteiger partial charge is 0.497 e. The van der Waals surface area contributed by atoms with E-state index in [1.54, 1.807) is 49.6 Å². The molecule has 2 aromatic carbocycles. The second-order valence-electron chi connectivity index (χ2n) is 4.54. The number of urea groups is 1. The van der Waals surface area contributed by atoms with E-state index in [0.29, 0.717) is 5.69 Å². The summed E-state index contributed by atoms with van der Waals surface area (Å²) in [5, 5.41) is 2.58. The topological polar surface area (TPSA) is 79.5 Å². The first kappa shape index (κ1) is 16.1. The van der Waals surface area contributed by atoms with Crippen LogP contribution in [0.4, 0.5) is 10.5 Å². The Hall–Kier alpha value is -3.28. The van der Waals surface area contributed by atoms with E-state index < -0.39 is 11.9 Å². The van der Waals surface area contributed by atoms with Crippen LogP contribution < -0.4 is 20.9 Å².